The number of hydrogen-bond acceptors (Lipinski definition) is 3. The average molecular weight is 236 g/mol. The SMILES string of the molecule is C[C@H]1OC(C)(C)O[C@@H]1COCc1ccccc1. The van der Waals surface area contributed by atoms with Gasteiger partial charge in [0.2, 0.25) is 0 Å². The normalized spacial score (nSPS) is 27.2. The molecule has 1 aromatic carbocycles. The molecule has 2 atom stereocenters. The molecule has 1 aliphatic heterocycles. The Hall–Kier alpha value is -0.900. The van der Waals surface area contributed by atoms with Crippen molar-refractivity contribution in [3.8, 4) is 0 Å². The fourth-order valence-electron chi connectivity index (χ4n) is 2.05. The van der Waals surface area contributed by atoms with Crippen molar-refractivity contribution in [2.45, 2.75) is 45.4 Å². The summed E-state index contributed by atoms with van der Waals surface area (Å²) in [4.78, 5) is 0. The highest BCUT2D eigenvalue weighted by Gasteiger charge is 2.38. The van der Waals surface area contributed by atoms with E-state index in [0.717, 1.165) is 0 Å². The third-order valence-corrected chi connectivity index (χ3v) is 2.82. The Morgan fingerprint density at radius 2 is 1.88 bits per heavy atom. The molecule has 0 saturated carbocycles. The summed E-state index contributed by atoms with van der Waals surface area (Å²) in [5.74, 6) is -0.486. The van der Waals surface area contributed by atoms with Crippen LogP contribution in [0.1, 0.15) is 26.3 Å². The second kappa shape index (κ2) is 5.17. The van der Waals surface area contributed by atoms with Gasteiger partial charge in [-0.05, 0) is 26.3 Å². The van der Waals surface area contributed by atoms with Crippen LogP contribution in [0.3, 0.4) is 0 Å². The molecule has 0 aromatic heterocycles. The quantitative estimate of drug-likeness (QED) is 0.804. The fourth-order valence-corrected chi connectivity index (χ4v) is 2.05. The molecule has 0 amide bonds. The average Bonchev–Trinajstić information content (AvgIpc) is 2.53. The summed E-state index contributed by atoms with van der Waals surface area (Å²) in [6.07, 6.45) is 0.106. The highest BCUT2D eigenvalue weighted by atomic mass is 16.8. The smallest absolute Gasteiger partial charge is 0.163 e. The minimum Gasteiger partial charge on any atom is -0.374 e. The predicted molar refractivity (Wildman–Crippen MR) is 65.6 cm³/mol. The highest BCUT2D eigenvalue weighted by Crippen LogP contribution is 2.27. The lowest BCUT2D eigenvalue weighted by Gasteiger charge is -2.16. The van der Waals surface area contributed by atoms with Crippen molar-refractivity contribution in [1.29, 1.82) is 0 Å². The first kappa shape index (κ1) is 12.6. The monoisotopic (exact) mass is 236 g/mol. The van der Waals surface area contributed by atoms with Gasteiger partial charge in [0.15, 0.2) is 5.79 Å². The van der Waals surface area contributed by atoms with Crippen LogP contribution >= 0.6 is 0 Å². The second-order valence-electron chi connectivity index (χ2n) is 4.88. The Balaban J connectivity index is 1.76. The van der Waals surface area contributed by atoms with Gasteiger partial charge < -0.3 is 14.2 Å². The molecule has 0 aliphatic carbocycles. The third kappa shape index (κ3) is 3.53. The number of benzene rings is 1. The van der Waals surface area contributed by atoms with Crippen LogP contribution in [0.25, 0.3) is 0 Å². The molecule has 1 fully saturated rings. The van der Waals surface area contributed by atoms with E-state index >= 15 is 0 Å². The first-order valence-corrected chi connectivity index (χ1v) is 6.04. The van der Waals surface area contributed by atoms with E-state index in [9.17, 15) is 0 Å². The maximum atomic E-state index is 5.75. The second-order valence-corrected chi connectivity index (χ2v) is 4.88. The van der Waals surface area contributed by atoms with Crippen molar-refractivity contribution in [3.05, 3.63) is 35.9 Å². The highest BCUT2D eigenvalue weighted by molar-refractivity contribution is 5.13. The molecule has 3 heteroatoms. The van der Waals surface area contributed by atoms with Crippen LogP contribution in [0.15, 0.2) is 30.3 Å². The first-order valence-electron chi connectivity index (χ1n) is 6.04. The summed E-state index contributed by atoms with van der Waals surface area (Å²) >= 11 is 0. The lowest BCUT2D eigenvalue weighted by Crippen LogP contribution is -2.25. The number of ether oxygens (including phenoxy) is 3. The molecular weight excluding hydrogens is 216 g/mol. The standard InChI is InChI=1S/C14H20O3/c1-11-13(17-14(2,3)16-11)10-15-9-12-7-5-4-6-8-12/h4-8,11,13H,9-10H2,1-3H3/t11-,13-/m1/s1. The topological polar surface area (TPSA) is 27.7 Å². The van der Waals surface area contributed by atoms with Crippen LogP contribution in [0.2, 0.25) is 0 Å². The molecular formula is C14H20O3. The van der Waals surface area contributed by atoms with E-state index in [1.807, 2.05) is 39.0 Å². The van der Waals surface area contributed by atoms with Gasteiger partial charge in [-0.1, -0.05) is 30.3 Å². The van der Waals surface area contributed by atoms with Gasteiger partial charge in [-0.3, -0.25) is 0 Å². The van der Waals surface area contributed by atoms with Crippen molar-refractivity contribution in [2.24, 2.45) is 0 Å². The Bertz CT molecular complexity index is 348. The minimum atomic E-state index is -0.486. The largest absolute Gasteiger partial charge is 0.374 e. The fraction of sp³-hybridized carbons (Fsp3) is 0.571. The van der Waals surface area contributed by atoms with Gasteiger partial charge in [-0.2, -0.15) is 0 Å². The minimum absolute atomic E-state index is 0.0220. The summed E-state index contributed by atoms with van der Waals surface area (Å²) in [5.41, 5.74) is 1.18. The van der Waals surface area contributed by atoms with Crippen molar-refractivity contribution in [3.63, 3.8) is 0 Å². The van der Waals surface area contributed by atoms with Crippen molar-refractivity contribution in [1.82, 2.24) is 0 Å². The third-order valence-electron chi connectivity index (χ3n) is 2.82. The van der Waals surface area contributed by atoms with Crippen LogP contribution in [-0.4, -0.2) is 24.6 Å². The molecule has 1 aliphatic rings. The van der Waals surface area contributed by atoms with E-state index in [1.54, 1.807) is 0 Å². The summed E-state index contributed by atoms with van der Waals surface area (Å²) in [6, 6.07) is 10.1. The lowest BCUT2D eigenvalue weighted by atomic mass is 10.2. The summed E-state index contributed by atoms with van der Waals surface area (Å²) in [6.45, 7) is 7.07. The molecule has 1 saturated heterocycles. The predicted octanol–water partition coefficient (Wildman–Crippen LogP) is 2.74. The van der Waals surface area contributed by atoms with Crippen LogP contribution in [0.4, 0.5) is 0 Å². The molecule has 2 rings (SSSR count). The Kier molecular flexibility index (Phi) is 3.82. The summed E-state index contributed by atoms with van der Waals surface area (Å²) in [5, 5.41) is 0. The zero-order chi connectivity index (χ0) is 12.3. The molecule has 0 unspecified atom stereocenters. The molecule has 1 aromatic rings. The van der Waals surface area contributed by atoms with E-state index in [-0.39, 0.29) is 12.2 Å². The summed E-state index contributed by atoms with van der Waals surface area (Å²) < 4.78 is 17.1. The molecule has 1 heterocycles. The maximum Gasteiger partial charge on any atom is 0.163 e. The van der Waals surface area contributed by atoms with Gasteiger partial charge in [-0.15, -0.1) is 0 Å². The molecule has 0 N–H and O–H groups in total. The van der Waals surface area contributed by atoms with Crippen molar-refractivity contribution < 1.29 is 14.2 Å². The number of hydrogen-bond donors (Lipinski definition) is 0. The van der Waals surface area contributed by atoms with E-state index < -0.39 is 5.79 Å². The van der Waals surface area contributed by atoms with Crippen LogP contribution in [0, 0.1) is 0 Å². The van der Waals surface area contributed by atoms with Gasteiger partial charge in [-0.25, -0.2) is 0 Å². The van der Waals surface area contributed by atoms with Crippen molar-refractivity contribution >= 4 is 0 Å². The first-order chi connectivity index (χ1) is 8.07. The molecule has 3 nitrogen and oxygen atoms in total. The molecule has 0 spiro atoms. The lowest BCUT2D eigenvalue weighted by molar-refractivity contribution is -0.150. The zero-order valence-electron chi connectivity index (χ0n) is 10.7. The summed E-state index contributed by atoms with van der Waals surface area (Å²) in [7, 11) is 0. The zero-order valence-corrected chi connectivity index (χ0v) is 10.7. The molecule has 0 radical (unpaired) electrons. The maximum absolute atomic E-state index is 5.75. The van der Waals surface area contributed by atoms with Gasteiger partial charge >= 0.3 is 0 Å². The van der Waals surface area contributed by atoms with Gasteiger partial charge in [0.05, 0.1) is 19.3 Å². The van der Waals surface area contributed by atoms with Gasteiger partial charge in [0, 0.05) is 0 Å². The van der Waals surface area contributed by atoms with Gasteiger partial charge in [0.25, 0.3) is 0 Å². The Morgan fingerprint density at radius 3 is 2.47 bits per heavy atom. The van der Waals surface area contributed by atoms with Crippen LogP contribution < -0.4 is 0 Å². The number of rotatable bonds is 4. The van der Waals surface area contributed by atoms with E-state index in [4.69, 9.17) is 14.2 Å². The molecule has 0 bridgehead atoms. The molecule has 94 valence electrons. The molecule has 17 heavy (non-hydrogen) atoms. The van der Waals surface area contributed by atoms with E-state index in [1.165, 1.54) is 5.56 Å². The van der Waals surface area contributed by atoms with Crippen LogP contribution in [0.5, 0.6) is 0 Å². The van der Waals surface area contributed by atoms with E-state index in [0.29, 0.717) is 13.2 Å². The Labute approximate surface area is 103 Å². The van der Waals surface area contributed by atoms with Crippen LogP contribution in [-0.2, 0) is 20.8 Å². The van der Waals surface area contributed by atoms with Crippen molar-refractivity contribution in [2.75, 3.05) is 6.61 Å². The van der Waals surface area contributed by atoms with Gasteiger partial charge in [0.1, 0.15) is 6.10 Å². The van der Waals surface area contributed by atoms with E-state index in [2.05, 4.69) is 12.1 Å². The Morgan fingerprint density at radius 1 is 1.18 bits per heavy atom.